The van der Waals surface area contributed by atoms with Crippen molar-refractivity contribution >= 4 is 23.5 Å². The molecule has 0 unspecified atom stereocenters. The van der Waals surface area contributed by atoms with Gasteiger partial charge in [-0.1, -0.05) is 0 Å². The lowest BCUT2D eigenvalue weighted by Gasteiger charge is -2.25. The SMILES string of the molecule is Nc1ccnc(NCCN2CCSCC2)n1. The third-order valence-corrected chi connectivity index (χ3v) is 3.43. The van der Waals surface area contributed by atoms with Gasteiger partial charge >= 0.3 is 0 Å². The van der Waals surface area contributed by atoms with Crippen molar-refractivity contribution in [3.05, 3.63) is 12.3 Å². The van der Waals surface area contributed by atoms with Crippen molar-refractivity contribution in [2.24, 2.45) is 0 Å². The van der Waals surface area contributed by atoms with Gasteiger partial charge in [0.15, 0.2) is 0 Å². The van der Waals surface area contributed by atoms with Crippen LogP contribution in [-0.2, 0) is 0 Å². The average molecular weight is 239 g/mol. The van der Waals surface area contributed by atoms with E-state index in [9.17, 15) is 0 Å². The molecule has 0 radical (unpaired) electrons. The van der Waals surface area contributed by atoms with Crippen LogP contribution in [0.1, 0.15) is 0 Å². The predicted octanol–water partition coefficient (Wildman–Crippen LogP) is 0.519. The maximum absolute atomic E-state index is 5.57. The molecule has 0 amide bonds. The van der Waals surface area contributed by atoms with E-state index in [2.05, 4.69) is 20.2 Å². The number of nitrogens with zero attached hydrogens (tertiary/aromatic N) is 3. The third kappa shape index (κ3) is 3.53. The van der Waals surface area contributed by atoms with E-state index in [1.807, 2.05) is 11.8 Å². The average Bonchev–Trinajstić information content (AvgIpc) is 2.30. The van der Waals surface area contributed by atoms with Gasteiger partial charge in [-0.15, -0.1) is 0 Å². The third-order valence-electron chi connectivity index (χ3n) is 2.49. The van der Waals surface area contributed by atoms with Gasteiger partial charge < -0.3 is 11.1 Å². The zero-order valence-electron chi connectivity index (χ0n) is 9.22. The van der Waals surface area contributed by atoms with E-state index in [1.54, 1.807) is 12.3 Å². The predicted molar refractivity (Wildman–Crippen MR) is 68.7 cm³/mol. The van der Waals surface area contributed by atoms with Crippen LogP contribution in [0, 0.1) is 0 Å². The Bertz CT molecular complexity index is 327. The van der Waals surface area contributed by atoms with Crippen molar-refractivity contribution in [3.8, 4) is 0 Å². The first-order valence-corrected chi connectivity index (χ1v) is 6.62. The van der Waals surface area contributed by atoms with Crippen molar-refractivity contribution in [3.63, 3.8) is 0 Å². The minimum atomic E-state index is 0.506. The molecule has 0 aromatic carbocycles. The zero-order chi connectivity index (χ0) is 11.2. The van der Waals surface area contributed by atoms with Crippen LogP contribution in [-0.4, -0.2) is 52.6 Å². The first-order chi connectivity index (χ1) is 7.84. The number of thioether (sulfide) groups is 1. The maximum Gasteiger partial charge on any atom is 0.224 e. The highest BCUT2D eigenvalue weighted by Gasteiger charge is 2.09. The van der Waals surface area contributed by atoms with Crippen LogP contribution in [0.5, 0.6) is 0 Å². The minimum Gasteiger partial charge on any atom is -0.384 e. The van der Waals surface area contributed by atoms with Crippen molar-refractivity contribution in [1.29, 1.82) is 0 Å². The van der Waals surface area contributed by atoms with Crippen LogP contribution < -0.4 is 11.1 Å². The smallest absolute Gasteiger partial charge is 0.224 e. The Balaban J connectivity index is 1.71. The number of nitrogens with one attached hydrogen (secondary N) is 1. The summed E-state index contributed by atoms with van der Waals surface area (Å²) in [6.45, 7) is 4.28. The lowest BCUT2D eigenvalue weighted by molar-refractivity contribution is 0.314. The Morgan fingerprint density at radius 3 is 3.00 bits per heavy atom. The fraction of sp³-hybridized carbons (Fsp3) is 0.600. The fourth-order valence-electron chi connectivity index (χ4n) is 1.61. The normalized spacial score (nSPS) is 17.2. The Morgan fingerprint density at radius 1 is 1.44 bits per heavy atom. The van der Waals surface area contributed by atoms with Gasteiger partial charge in [0.25, 0.3) is 0 Å². The first-order valence-electron chi connectivity index (χ1n) is 5.47. The Morgan fingerprint density at radius 2 is 2.25 bits per heavy atom. The molecule has 0 bridgehead atoms. The topological polar surface area (TPSA) is 67.1 Å². The number of anilines is 2. The van der Waals surface area contributed by atoms with E-state index < -0.39 is 0 Å². The van der Waals surface area contributed by atoms with E-state index in [0.29, 0.717) is 11.8 Å². The molecule has 6 heteroatoms. The van der Waals surface area contributed by atoms with Crippen LogP contribution in [0.2, 0.25) is 0 Å². The lowest BCUT2D eigenvalue weighted by atomic mass is 10.4. The summed E-state index contributed by atoms with van der Waals surface area (Å²) in [4.78, 5) is 10.6. The quantitative estimate of drug-likeness (QED) is 0.798. The van der Waals surface area contributed by atoms with Gasteiger partial charge in [0.05, 0.1) is 0 Å². The molecule has 3 N–H and O–H groups in total. The molecule has 1 saturated heterocycles. The number of aromatic nitrogens is 2. The van der Waals surface area contributed by atoms with Gasteiger partial charge in [0.1, 0.15) is 5.82 Å². The number of hydrogen-bond donors (Lipinski definition) is 2. The van der Waals surface area contributed by atoms with Crippen molar-refractivity contribution < 1.29 is 0 Å². The summed E-state index contributed by atoms with van der Waals surface area (Å²) in [5, 5.41) is 3.18. The molecule has 1 aliphatic heterocycles. The van der Waals surface area contributed by atoms with Crippen LogP contribution >= 0.6 is 11.8 Å². The van der Waals surface area contributed by atoms with Crippen molar-refractivity contribution in [1.82, 2.24) is 14.9 Å². The molecule has 0 saturated carbocycles. The molecule has 1 aromatic heterocycles. The molecule has 5 nitrogen and oxygen atoms in total. The van der Waals surface area contributed by atoms with Crippen LogP contribution in [0.4, 0.5) is 11.8 Å². The van der Waals surface area contributed by atoms with E-state index in [1.165, 1.54) is 24.6 Å². The van der Waals surface area contributed by atoms with Crippen LogP contribution in [0.25, 0.3) is 0 Å². The molecular formula is C10H17N5S. The highest BCUT2D eigenvalue weighted by atomic mass is 32.2. The van der Waals surface area contributed by atoms with Gasteiger partial charge in [0, 0.05) is 43.9 Å². The second-order valence-corrected chi connectivity index (χ2v) is 4.91. The van der Waals surface area contributed by atoms with Gasteiger partial charge in [-0.25, -0.2) is 4.98 Å². The van der Waals surface area contributed by atoms with E-state index >= 15 is 0 Å². The summed E-state index contributed by atoms with van der Waals surface area (Å²) in [6.07, 6.45) is 1.67. The van der Waals surface area contributed by atoms with E-state index in [4.69, 9.17) is 5.73 Å². The number of nitrogens with two attached hydrogens (primary N) is 1. The molecular weight excluding hydrogens is 222 g/mol. The first kappa shape index (κ1) is 11.5. The Kier molecular flexibility index (Phi) is 4.24. The summed E-state index contributed by atoms with van der Waals surface area (Å²) in [5.41, 5.74) is 5.57. The summed E-state index contributed by atoms with van der Waals surface area (Å²) in [5.74, 6) is 3.61. The summed E-state index contributed by atoms with van der Waals surface area (Å²) < 4.78 is 0. The highest BCUT2D eigenvalue weighted by Crippen LogP contribution is 2.08. The summed E-state index contributed by atoms with van der Waals surface area (Å²) in [7, 11) is 0. The maximum atomic E-state index is 5.57. The standard InChI is InChI=1S/C10H17N5S/c11-9-1-2-12-10(14-9)13-3-4-15-5-7-16-8-6-15/h1-2H,3-8H2,(H3,11,12,13,14). The number of rotatable bonds is 4. The van der Waals surface area contributed by atoms with Gasteiger partial charge in [-0.3, -0.25) is 4.90 Å². The monoisotopic (exact) mass is 239 g/mol. The Hall–Kier alpha value is -1.01. The molecule has 1 fully saturated rings. The van der Waals surface area contributed by atoms with E-state index in [-0.39, 0.29) is 0 Å². The second-order valence-electron chi connectivity index (χ2n) is 3.69. The lowest BCUT2D eigenvalue weighted by Crippen LogP contribution is -2.36. The molecule has 16 heavy (non-hydrogen) atoms. The van der Waals surface area contributed by atoms with Crippen molar-refractivity contribution in [2.75, 3.05) is 48.7 Å². The van der Waals surface area contributed by atoms with E-state index in [0.717, 1.165) is 13.1 Å². The molecule has 0 aliphatic carbocycles. The molecule has 2 heterocycles. The molecule has 0 spiro atoms. The van der Waals surface area contributed by atoms with Crippen LogP contribution in [0.15, 0.2) is 12.3 Å². The number of nitrogen functional groups attached to an aromatic ring is 1. The minimum absolute atomic E-state index is 0.506. The van der Waals surface area contributed by atoms with Gasteiger partial charge in [0.2, 0.25) is 5.95 Å². The summed E-state index contributed by atoms with van der Waals surface area (Å²) >= 11 is 2.03. The highest BCUT2D eigenvalue weighted by molar-refractivity contribution is 7.99. The molecule has 1 aliphatic rings. The zero-order valence-corrected chi connectivity index (χ0v) is 10.0. The number of hydrogen-bond acceptors (Lipinski definition) is 6. The molecule has 88 valence electrons. The molecule has 0 atom stereocenters. The Labute approximate surface area is 99.8 Å². The second kappa shape index (κ2) is 5.91. The molecule has 2 rings (SSSR count). The van der Waals surface area contributed by atoms with Gasteiger partial charge in [-0.05, 0) is 6.07 Å². The van der Waals surface area contributed by atoms with Crippen molar-refractivity contribution in [2.45, 2.75) is 0 Å². The van der Waals surface area contributed by atoms with Gasteiger partial charge in [-0.2, -0.15) is 16.7 Å². The fourth-order valence-corrected chi connectivity index (χ4v) is 2.59. The largest absolute Gasteiger partial charge is 0.384 e. The van der Waals surface area contributed by atoms with Crippen LogP contribution in [0.3, 0.4) is 0 Å². The summed E-state index contributed by atoms with van der Waals surface area (Å²) in [6, 6.07) is 1.69. The molecule has 1 aromatic rings.